The zero-order valence-corrected chi connectivity index (χ0v) is 19.6. The van der Waals surface area contributed by atoms with Crippen molar-refractivity contribution in [1.29, 1.82) is 0 Å². The van der Waals surface area contributed by atoms with Crippen LogP contribution in [0.15, 0.2) is 82.2 Å². The van der Waals surface area contributed by atoms with Crippen LogP contribution in [-0.2, 0) is 9.59 Å². The van der Waals surface area contributed by atoms with Gasteiger partial charge in [0.15, 0.2) is 0 Å². The third-order valence-electron chi connectivity index (χ3n) is 4.59. The lowest BCUT2D eigenvalue weighted by atomic mass is 10.2. The van der Waals surface area contributed by atoms with Gasteiger partial charge in [-0.15, -0.1) is 0 Å². The standard InChI is InChI=1S/C23H15Cl3N2O3S/c1-31-19-11-8-14(12-17(19)26)27-20-21(32-15-9-6-13(24)7-10-15)23(30)28(22(20)29)18-5-3-2-4-16(18)25/h2-12,27H,1H3. The van der Waals surface area contributed by atoms with E-state index in [-0.39, 0.29) is 10.6 Å². The summed E-state index contributed by atoms with van der Waals surface area (Å²) in [5, 5.41) is 4.28. The van der Waals surface area contributed by atoms with Gasteiger partial charge in [-0.25, -0.2) is 4.90 Å². The molecule has 1 N–H and O–H groups in total. The molecule has 1 aliphatic heterocycles. The number of imide groups is 1. The molecule has 0 aliphatic carbocycles. The second kappa shape index (κ2) is 9.46. The van der Waals surface area contributed by atoms with E-state index in [2.05, 4.69) is 5.32 Å². The Balaban J connectivity index is 1.76. The molecule has 0 saturated heterocycles. The lowest BCUT2D eigenvalue weighted by molar-refractivity contribution is -0.120. The number of rotatable bonds is 6. The number of nitrogens with one attached hydrogen (secondary N) is 1. The van der Waals surface area contributed by atoms with Crippen molar-refractivity contribution in [3.63, 3.8) is 0 Å². The van der Waals surface area contributed by atoms with Crippen LogP contribution in [0.1, 0.15) is 0 Å². The van der Waals surface area contributed by atoms with Gasteiger partial charge in [-0.3, -0.25) is 9.59 Å². The molecule has 5 nitrogen and oxygen atoms in total. The summed E-state index contributed by atoms with van der Waals surface area (Å²) in [6, 6.07) is 18.7. The zero-order valence-electron chi connectivity index (χ0n) is 16.6. The maximum absolute atomic E-state index is 13.4. The Hall–Kier alpha value is -2.64. The molecular weight excluding hydrogens is 491 g/mol. The molecule has 0 saturated carbocycles. The normalized spacial score (nSPS) is 13.7. The molecule has 2 amide bonds. The van der Waals surface area contributed by atoms with E-state index < -0.39 is 11.8 Å². The number of anilines is 2. The van der Waals surface area contributed by atoms with Crippen LogP contribution in [-0.4, -0.2) is 18.9 Å². The van der Waals surface area contributed by atoms with Crippen molar-refractivity contribution in [2.75, 3.05) is 17.3 Å². The van der Waals surface area contributed by atoms with E-state index in [1.165, 1.54) is 7.11 Å². The fourth-order valence-corrected chi connectivity index (χ4v) is 4.61. The van der Waals surface area contributed by atoms with Crippen molar-refractivity contribution < 1.29 is 14.3 Å². The highest BCUT2D eigenvalue weighted by Crippen LogP contribution is 2.40. The van der Waals surface area contributed by atoms with Crippen LogP contribution >= 0.6 is 46.6 Å². The van der Waals surface area contributed by atoms with Crippen molar-refractivity contribution in [3.05, 3.63) is 92.4 Å². The van der Waals surface area contributed by atoms with Gasteiger partial charge in [0.1, 0.15) is 16.4 Å². The number of methoxy groups -OCH3 is 1. The van der Waals surface area contributed by atoms with Crippen molar-refractivity contribution in [2.24, 2.45) is 0 Å². The Morgan fingerprint density at radius 2 is 1.59 bits per heavy atom. The highest BCUT2D eigenvalue weighted by Gasteiger charge is 2.41. The number of hydrogen-bond donors (Lipinski definition) is 1. The predicted octanol–water partition coefficient (Wildman–Crippen LogP) is 6.64. The summed E-state index contributed by atoms with van der Waals surface area (Å²) in [5.41, 5.74) is 0.959. The summed E-state index contributed by atoms with van der Waals surface area (Å²) >= 11 is 19.6. The molecule has 3 aromatic carbocycles. The molecule has 1 aliphatic rings. The Bertz CT molecular complexity index is 1250. The Labute approximate surface area is 203 Å². The highest BCUT2D eigenvalue weighted by molar-refractivity contribution is 8.04. The maximum atomic E-state index is 13.4. The molecule has 4 rings (SSSR count). The molecule has 0 radical (unpaired) electrons. The van der Waals surface area contributed by atoms with E-state index in [1.807, 2.05) is 0 Å². The van der Waals surface area contributed by atoms with Crippen molar-refractivity contribution in [3.8, 4) is 5.75 Å². The van der Waals surface area contributed by atoms with Crippen LogP contribution in [0.3, 0.4) is 0 Å². The van der Waals surface area contributed by atoms with E-state index in [4.69, 9.17) is 39.5 Å². The first-order chi connectivity index (χ1) is 15.4. The third kappa shape index (κ3) is 4.45. The van der Waals surface area contributed by atoms with Crippen LogP contribution in [0, 0.1) is 0 Å². The fraction of sp³-hybridized carbons (Fsp3) is 0.0435. The van der Waals surface area contributed by atoms with Crippen LogP contribution < -0.4 is 15.0 Å². The number of amides is 2. The lowest BCUT2D eigenvalue weighted by Crippen LogP contribution is -2.32. The highest BCUT2D eigenvalue weighted by atomic mass is 35.5. The summed E-state index contributed by atoms with van der Waals surface area (Å²) in [7, 11) is 1.51. The third-order valence-corrected chi connectivity index (χ3v) is 6.55. The molecule has 0 unspecified atom stereocenters. The molecule has 3 aromatic rings. The average Bonchev–Trinajstić information content (AvgIpc) is 3.00. The van der Waals surface area contributed by atoms with Crippen molar-refractivity contribution in [1.82, 2.24) is 0 Å². The summed E-state index contributed by atoms with van der Waals surface area (Å²) < 4.78 is 5.18. The minimum atomic E-state index is -0.522. The number of carbonyl (C=O) groups is 2. The van der Waals surface area contributed by atoms with E-state index >= 15 is 0 Å². The van der Waals surface area contributed by atoms with Crippen LogP contribution in [0.25, 0.3) is 0 Å². The molecule has 32 heavy (non-hydrogen) atoms. The number of hydrogen-bond acceptors (Lipinski definition) is 5. The van der Waals surface area contributed by atoms with Crippen LogP contribution in [0.5, 0.6) is 5.75 Å². The summed E-state index contributed by atoms with van der Waals surface area (Å²) in [4.78, 5) is 28.8. The number of halogens is 3. The molecular formula is C23H15Cl3N2O3S. The number of carbonyl (C=O) groups excluding carboxylic acids is 2. The molecule has 0 spiro atoms. The second-order valence-electron chi connectivity index (χ2n) is 6.63. The molecule has 9 heteroatoms. The first kappa shape index (κ1) is 22.6. The van der Waals surface area contributed by atoms with Gasteiger partial charge in [0.25, 0.3) is 11.8 Å². The molecule has 162 valence electrons. The number of benzene rings is 3. The van der Waals surface area contributed by atoms with Gasteiger partial charge in [0.05, 0.1) is 22.8 Å². The number of nitrogens with zero attached hydrogens (tertiary/aromatic N) is 1. The fourth-order valence-electron chi connectivity index (χ4n) is 3.08. The predicted molar refractivity (Wildman–Crippen MR) is 130 cm³/mol. The SMILES string of the molecule is COc1ccc(NC2=C(Sc3ccc(Cl)cc3)C(=O)N(c3ccccc3Cl)C2=O)cc1Cl. The molecule has 0 aromatic heterocycles. The van der Waals surface area contributed by atoms with Gasteiger partial charge in [-0.2, -0.15) is 0 Å². The Morgan fingerprint density at radius 1 is 0.875 bits per heavy atom. The quantitative estimate of drug-likeness (QED) is 0.380. The summed E-state index contributed by atoms with van der Waals surface area (Å²) in [6.07, 6.45) is 0. The number of para-hydroxylation sites is 1. The van der Waals surface area contributed by atoms with Crippen LogP contribution in [0.2, 0.25) is 15.1 Å². The minimum Gasteiger partial charge on any atom is -0.495 e. The summed E-state index contributed by atoms with van der Waals surface area (Å²) in [6.45, 7) is 0. The van der Waals surface area contributed by atoms with E-state index in [0.29, 0.717) is 32.2 Å². The first-order valence-electron chi connectivity index (χ1n) is 9.30. The molecule has 0 atom stereocenters. The topological polar surface area (TPSA) is 58.6 Å². The largest absolute Gasteiger partial charge is 0.495 e. The molecule has 0 fully saturated rings. The molecule has 1 heterocycles. The van der Waals surface area contributed by atoms with Gasteiger partial charge in [0, 0.05) is 15.6 Å². The second-order valence-corrected chi connectivity index (χ2v) is 8.97. The van der Waals surface area contributed by atoms with Crippen molar-refractivity contribution >= 4 is 69.8 Å². The van der Waals surface area contributed by atoms with Crippen LogP contribution in [0.4, 0.5) is 11.4 Å². The van der Waals surface area contributed by atoms with E-state index in [1.54, 1.807) is 66.7 Å². The number of ether oxygens (including phenoxy) is 1. The van der Waals surface area contributed by atoms with Gasteiger partial charge < -0.3 is 10.1 Å². The minimum absolute atomic E-state index is 0.121. The summed E-state index contributed by atoms with van der Waals surface area (Å²) in [5.74, 6) is -0.509. The average molecular weight is 506 g/mol. The Morgan fingerprint density at radius 3 is 2.25 bits per heavy atom. The van der Waals surface area contributed by atoms with E-state index in [9.17, 15) is 9.59 Å². The smallest absolute Gasteiger partial charge is 0.283 e. The van der Waals surface area contributed by atoms with Gasteiger partial charge in [0.2, 0.25) is 0 Å². The number of thioether (sulfide) groups is 1. The van der Waals surface area contributed by atoms with Gasteiger partial charge >= 0.3 is 0 Å². The lowest BCUT2D eigenvalue weighted by Gasteiger charge is -2.16. The monoisotopic (exact) mass is 504 g/mol. The van der Waals surface area contributed by atoms with Gasteiger partial charge in [-0.1, -0.05) is 58.7 Å². The van der Waals surface area contributed by atoms with Gasteiger partial charge in [-0.05, 0) is 54.6 Å². The van der Waals surface area contributed by atoms with Crippen molar-refractivity contribution in [2.45, 2.75) is 4.90 Å². The first-order valence-corrected chi connectivity index (χ1v) is 11.3. The Kier molecular flexibility index (Phi) is 6.67. The van der Waals surface area contributed by atoms with E-state index in [0.717, 1.165) is 21.6 Å². The molecule has 0 bridgehead atoms. The maximum Gasteiger partial charge on any atom is 0.283 e. The zero-order chi connectivity index (χ0) is 22.8.